The number of nitro groups is 2. The number of non-ortho nitro benzene ring substituents is 1. The molecule has 1 N–H and O–H groups in total. The van der Waals surface area contributed by atoms with Crippen LogP contribution < -0.4 is 10.2 Å². The number of benzene rings is 2. The van der Waals surface area contributed by atoms with Crippen LogP contribution in [0.4, 0.5) is 17.1 Å². The van der Waals surface area contributed by atoms with Gasteiger partial charge < -0.3 is 9.30 Å². The number of aryl methyl sites for hydroxylation is 1. The molecule has 0 amide bonds. The van der Waals surface area contributed by atoms with Crippen molar-refractivity contribution in [1.29, 1.82) is 0 Å². The second-order valence-electron chi connectivity index (χ2n) is 6.45. The van der Waals surface area contributed by atoms with E-state index in [2.05, 4.69) is 15.1 Å². The molecule has 1 heterocycles. The van der Waals surface area contributed by atoms with Crippen molar-refractivity contribution < 1.29 is 14.6 Å². The van der Waals surface area contributed by atoms with E-state index in [1.165, 1.54) is 12.1 Å². The first-order valence-corrected chi connectivity index (χ1v) is 8.87. The van der Waals surface area contributed by atoms with Crippen molar-refractivity contribution in [2.24, 2.45) is 5.10 Å². The van der Waals surface area contributed by atoms with Crippen molar-refractivity contribution in [2.75, 3.05) is 12.5 Å². The fraction of sp³-hybridized carbons (Fsp3) is 0.150. The largest absolute Gasteiger partial charge is 0.497 e. The van der Waals surface area contributed by atoms with Crippen LogP contribution in [-0.2, 0) is 0 Å². The molecule has 10 heteroatoms. The summed E-state index contributed by atoms with van der Waals surface area (Å²) in [6.07, 6.45) is 1.55. The number of hydrazone groups is 1. The van der Waals surface area contributed by atoms with E-state index in [-0.39, 0.29) is 11.4 Å². The van der Waals surface area contributed by atoms with E-state index in [1.54, 1.807) is 13.3 Å². The van der Waals surface area contributed by atoms with Crippen molar-refractivity contribution in [3.63, 3.8) is 0 Å². The van der Waals surface area contributed by atoms with E-state index in [0.29, 0.717) is 0 Å². The second-order valence-corrected chi connectivity index (χ2v) is 6.45. The van der Waals surface area contributed by atoms with Crippen LogP contribution in [-0.4, -0.2) is 27.7 Å². The van der Waals surface area contributed by atoms with E-state index in [1.807, 2.05) is 44.2 Å². The van der Waals surface area contributed by atoms with E-state index >= 15 is 0 Å². The summed E-state index contributed by atoms with van der Waals surface area (Å²) in [5.74, 6) is 0.761. The van der Waals surface area contributed by atoms with Crippen LogP contribution in [0.2, 0.25) is 0 Å². The maximum Gasteiger partial charge on any atom is 0.301 e. The number of hydrogen-bond donors (Lipinski definition) is 1. The van der Waals surface area contributed by atoms with Crippen molar-refractivity contribution >= 4 is 23.3 Å². The zero-order chi connectivity index (χ0) is 21.8. The lowest BCUT2D eigenvalue weighted by Gasteiger charge is -2.10. The highest BCUT2D eigenvalue weighted by molar-refractivity contribution is 5.83. The first-order valence-electron chi connectivity index (χ1n) is 8.87. The lowest BCUT2D eigenvalue weighted by atomic mass is 10.2. The molecule has 0 radical (unpaired) electrons. The van der Waals surface area contributed by atoms with Crippen molar-refractivity contribution in [2.45, 2.75) is 13.8 Å². The van der Waals surface area contributed by atoms with Gasteiger partial charge in [-0.05, 0) is 50.2 Å². The standard InChI is InChI=1S/C20H19N5O5/c1-13-10-15(14(2)23(13)16-4-7-18(30-3)8-5-16)12-21-22-19-9-6-17(24(26)27)11-20(19)25(28)29/h4-12,22H,1-3H3/b21-12-. The molecule has 3 aromatic rings. The summed E-state index contributed by atoms with van der Waals surface area (Å²) in [5, 5.41) is 26.1. The van der Waals surface area contributed by atoms with Crippen LogP contribution in [0.5, 0.6) is 5.75 Å². The topological polar surface area (TPSA) is 125 Å². The highest BCUT2D eigenvalue weighted by Gasteiger charge is 2.19. The van der Waals surface area contributed by atoms with Crippen molar-refractivity contribution in [3.05, 3.63) is 85.7 Å². The molecule has 0 unspecified atom stereocenters. The first-order chi connectivity index (χ1) is 14.3. The third-order valence-corrected chi connectivity index (χ3v) is 4.58. The maximum absolute atomic E-state index is 11.2. The van der Waals surface area contributed by atoms with Crippen LogP contribution >= 0.6 is 0 Å². The van der Waals surface area contributed by atoms with Gasteiger partial charge in [-0.3, -0.25) is 25.7 Å². The third-order valence-electron chi connectivity index (χ3n) is 4.58. The molecule has 1 aromatic heterocycles. The summed E-state index contributed by atoms with van der Waals surface area (Å²) in [5.41, 5.74) is 5.57. The van der Waals surface area contributed by atoms with E-state index in [0.717, 1.165) is 34.5 Å². The van der Waals surface area contributed by atoms with Crippen molar-refractivity contribution in [1.82, 2.24) is 4.57 Å². The number of aromatic nitrogens is 1. The minimum absolute atomic E-state index is 0.0609. The van der Waals surface area contributed by atoms with Gasteiger partial charge in [0.25, 0.3) is 5.69 Å². The molecule has 0 fully saturated rings. The smallest absolute Gasteiger partial charge is 0.301 e. The number of rotatable bonds is 7. The fourth-order valence-electron chi connectivity index (χ4n) is 3.10. The molecule has 0 saturated carbocycles. The molecule has 0 bridgehead atoms. The van der Waals surface area contributed by atoms with Crippen LogP contribution in [0.15, 0.2) is 53.6 Å². The van der Waals surface area contributed by atoms with Gasteiger partial charge in [0.2, 0.25) is 0 Å². The third kappa shape index (κ3) is 4.12. The molecule has 0 atom stereocenters. The van der Waals surface area contributed by atoms with E-state index in [9.17, 15) is 20.2 Å². The Balaban J connectivity index is 1.85. The van der Waals surface area contributed by atoms with E-state index < -0.39 is 15.5 Å². The van der Waals surface area contributed by atoms with Gasteiger partial charge >= 0.3 is 5.69 Å². The summed E-state index contributed by atoms with van der Waals surface area (Å²) in [6.45, 7) is 3.90. The Kier molecular flexibility index (Phi) is 5.77. The molecular weight excluding hydrogens is 390 g/mol. The lowest BCUT2D eigenvalue weighted by Crippen LogP contribution is -2.00. The molecule has 2 aromatic carbocycles. The zero-order valence-corrected chi connectivity index (χ0v) is 16.5. The Morgan fingerprint density at radius 1 is 1.03 bits per heavy atom. The highest BCUT2D eigenvalue weighted by Crippen LogP contribution is 2.29. The summed E-state index contributed by atoms with van der Waals surface area (Å²) >= 11 is 0. The van der Waals surface area contributed by atoms with Gasteiger partial charge in [-0.2, -0.15) is 5.10 Å². The number of ether oxygens (including phenoxy) is 1. The number of methoxy groups -OCH3 is 1. The van der Waals surface area contributed by atoms with E-state index in [4.69, 9.17) is 4.74 Å². The molecular formula is C20H19N5O5. The zero-order valence-electron chi connectivity index (χ0n) is 16.5. The monoisotopic (exact) mass is 409 g/mol. The minimum atomic E-state index is -0.694. The Hall–Kier alpha value is -4.21. The van der Waals surface area contributed by atoms with Gasteiger partial charge in [-0.15, -0.1) is 0 Å². The van der Waals surface area contributed by atoms with Gasteiger partial charge in [0.05, 0.1) is 29.2 Å². The fourth-order valence-corrected chi connectivity index (χ4v) is 3.10. The maximum atomic E-state index is 11.2. The summed E-state index contributed by atoms with van der Waals surface area (Å²) in [4.78, 5) is 20.7. The first kappa shape index (κ1) is 20.5. The quantitative estimate of drug-likeness (QED) is 0.351. The Bertz CT molecular complexity index is 1140. The summed E-state index contributed by atoms with van der Waals surface area (Å²) < 4.78 is 7.24. The minimum Gasteiger partial charge on any atom is -0.497 e. The van der Waals surface area contributed by atoms with Crippen LogP contribution in [0.1, 0.15) is 17.0 Å². The molecule has 0 spiro atoms. The number of anilines is 1. The predicted octanol–water partition coefficient (Wildman–Crippen LogP) is 4.37. The Morgan fingerprint density at radius 2 is 1.73 bits per heavy atom. The molecule has 0 aliphatic carbocycles. The highest BCUT2D eigenvalue weighted by atomic mass is 16.6. The molecule has 154 valence electrons. The number of nitro benzene ring substituents is 2. The average Bonchev–Trinajstić information content (AvgIpc) is 3.01. The average molecular weight is 409 g/mol. The van der Waals surface area contributed by atoms with Crippen LogP contribution in [0, 0.1) is 34.1 Å². The van der Waals surface area contributed by atoms with Gasteiger partial charge in [0.15, 0.2) is 0 Å². The lowest BCUT2D eigenvalue weighted by molar-refractivity contribution is -0.393. The molecule has 10 nitrogen and oxygen atoms in total. The SMILES string of the molecule is COc1ccc(-n2c(C)cc(/C=N\Nc3ccc([N+](=O)[O-])cc3[N+](=O)[O-])c2C)cc1. The molecule has 0 aliphatic heterocycles. The van der Waals surface area contributed by atoms with Gasteiger partial charge in [0, 0.05) is 28.7 Å². The molecule has 3 rings (SSSR count). The number of hydrogen-bond acceptors (Lipinski definition) is 7. The summed E-state index contributed by atoms with van der Waals surface area (Å²) in [7, 11) is 1.61. The van der Waals surface area contributed by atoms with Gasteiger partial charge in [-0.25, -0.2) is 0 Å². The second kappa shape index (κ2) is 8.43. The molecule has 30 heavy (non-hydrogen) atoms. The van der Waals surface area contributed by atoms with Crippen LogP contribution in [0.25, 0.3) is 5.69 Å². The Morgan fingerprint density at radius 3 is 2.33 bits per heavy atom. The summed E-state index contributed by atoms with van der Waals surface area (Å²) in [6, 6.07) is 12.9. The number of nitrogens with zero attached hydrogens (tertiary/aromatic N) is 4. The van der Waals surface area contributed by atoms with Crippen molar-refractivity contribution in [3.8, 4) is 11.4 Å². The molecule has 0 saturated heterocycles. The van der Waals surface area contributed by atoms with Gasteiger partial charge in [-0.1, -0.05) is 0 Å². The molecule has 0 aliphatic rings. The number of nitrogens with one attached hydrogen (secondary N) is 1. The normalized spacial score (nSPS) is 10.9. The van der Waals surface area contributed by atoms with Gasteiger partial charge in [0.1, 0.15) is 11.4 Å². The Labute approximate surface area is 171 Å². The predicted molar refractivity (Wildman–Crippen MR) is 113 cm³/mol. The van der Waals surface area contributed by atoms with Crippen LogP contribution in [0.3, 0.4) is 0 Å².